The molecule has 3 rings (SSSR count). The van der Waals surface area contributed by atoms with Crippen molar-refractivity contribution in [2.24, 2.45) is 0 Å². The van der Waals surface area contributed by atoms with Crippen molar-refractivity contribution in [3.63, 3.8) is 0 Å². The predicted octanol–water partition coefficient (Wildman–Crippen LogP) is 3.46. The van der Waals surface area contributed by atoms with E-state index in [1.54, 1.807) is 0 Å². The third-order valence-electron chi connectivity index (χ3n) is 3.14. The van der Waals surface area contributed by atoms with Gasteiger partial charge >= 0.3 is 0 Å². The minimum atomic E-state index is 0.515. The first-order chi connectivity index (χ1) is 8.08. The molecule has 0 saturated heterocycles. The molecule has 0 saturated carbocycles. The zero-order chi connectivity index (χ0) is 12.2. The van der Waals surface area contributed by atoms with Gasteiger partial charge < -0.3 is 0 Å². The van der Waals surface area contributed by atoms with Crippen LogP contribution >= 0.6 is 11.6 Å². The van der Waals surface area contributed by atoms with Gasteiger partial charge in [-0.3, -0.25) is 4.40 Å². The number of imidazole rings is 1. The molecule has 2 aromatic heterocycles. The maximum atomic E-state index is 6.21. The molecule has 0 atom stereocenters. The van der Waals surface area contributed by atoms with Gasteiger partial charge in [0.05, 0.1) is 11.2 Å². The SMILES string of the molecule is Cc1ccc2c(c1)c(Cl)nc1nc(C)c(C)n12. The fourth-order valence-electron chi connectivity index (χ4n) is 2.11. The Morgan fingerprint density at radius 3 is 2.65 bits per heavy atom. The number of fused-ring (bicyclic) bond motifs is 3. The highest BCUT2D eigenvalue weighted by atomic mass is 35.5. The van der Waals surface area contributed by atoms with Gasteiger partial charge in [0.25, 0.3) is 0 Å². The van der Waals surface area contributed by atoms with Gasteiger partial charge in [-0.2, -0.15) is 4.98 Å². The van der Waals surface area contributed by atoms with Crippen LogP contribution in [0.25, 0.3) is 16.7 Å². The molecular formula is C13H12ClN3. The summed E-state index contributed by atoms with van der Waals surface area (Å²) in [5.74, 6) is 0.668. The van der Waals surface area contributed by atoms with Crippen LogP contribution in [0.4, 0.5) is 0 Å². The van der Waals surface area contributed by atoms with Crippen LogP contribution in [0.3, 0.4) is 0 Å². The highest BCUT2D eigenvalue weighted by Gasteiger charge is 2.11. The molecule has 0 spiro atoms. The van der Waals surface area contributed by atoms with Gasteiger partial charge in [0.1, 0.15) is 5.15 Å². The molecule has 0 N–H and O–H groups in total. The molecule has 0 amide bonds. The van der Waals surface area contributed by atoms with E-state index >= 15 is 0 Å². The standard InChI is InChI=1S/C13H12ClN3/c1-7-4-5-11-10(6-7)12(14)16-13-15-8(2)9(3)17(11)13/h4-6H,1-3H3. The quantitative estimate of drug-likeness (QED) is 0.568. The molecule has 1 aromatic carbocycles. The van der Waals surface area contributed by atoms with Crippen LogP contribution in [0.15, 0.2) is 18.2 Å². The van der Waals surface area contributed by atoms with Gasteiger partial charge in [-0.15, -0.1) is 0 Å². The van der Waals surface area contributed by atoms with Crippen LogP contribution in [-0.4, -0.2) is 14.4 Å². The average molecular weight is 246 g/mol. The number of hydrogen-bond acceptors (Lipinski definition) is 2. The third-order valence-corrected chi connectivity index (χ3v) is 3.43. The van der Waals surface area contributed by atoms with Crippen LogP contribution < -0.4 is 0 Å². The van der Waals surface area contributed by atoms with Crippen LogP contribution in [0.2, 0.25) is 5.15 Å². The first kappa shape index (κ1) is 10.5. The van der Waals surface area contributed by atoms with Gasteiger partial charge in [-0.05, 0) is 32.9 Å². The summed E-state index contributed by atoms with van der Waals surface area (Å²) in [6.07, 6.45) is 0. The highest BCUT2D eigenvalue weighted by molar-refractivity contribution is 6.34. The summed E-state index contributed by atoms with van der Waals surface area (Å²) >= 11 is 6.21. The van der Waals surface area contributed by atoms with E-state index in [1.165, 1.54) is 5.56 Å². The van der Waals surface area contributed by atoms with E-state index in [1.807, 2.05) is 20.8 Å². The van der Waals surface area contributed by atoms with Crippen LogP contribution in [-0.2, 0) is 0 Å². The van der Waals surface area contributed by atoms with Gasteiger partial charge in [0.2, 0.25) is 5.78 Å². The minimum absolute atomic E-state index is 0.515. The minimum Gasteiger partial charge on any atom is -0.281 e. The number of aromatic nitrogens is 3. The fraction of sp³-hybridized carbons (Fsp3) is 0.231. The van der Waals surface area contributed by atoms with Crippen molar-refractivity contribution in [3.05, 3.63) is 40.3 Å². The van der Waals surface area contributed by atoms with Gasteiger partial charge in [-0.1, -0.05) is 23.2 Å². The lowest BCUT2D eigenvalue weighted by molar-refractivity contribution is 1.11. The first-order valence-electron chi connectivity index (χ1n) is 5.49. The molecule has 2 heterocycles. The topological polar surface area (TPSA) is 30.2 Å². The molecule has 4 heteroatoms. The van der Waals surface area contributed by atoms with E-state index < -0.39 is 0 Å². The Balaban J connectivity index is 2.62. The molecule has 3 aromatic rings. The largest absolute Gasteiger partial charge is 0.281 e. The molecule has 0 aliphatic carbocycles. The lowest BCUT2D eigenvalue weighted by Gasteiger charge is -2.06. The molecule has 3 nitrogen and oxygen atoms in total. The Kier molecular flexibility index (Phi) is 2.13. The second kappa shape index (κ2) is 3.44. The van der Waals surface area contributed by atoms with E-state index in [2.05, 4.69) is 32.6 Å². The summed E-state index contributed by atoms with van der Waals surface area (Å²) in [4.78, 5) is 8.76. The molecular weight excluding hydrogens is 234 g/mol. The summed E-state index contributed by atoms with van der Waals surface area (Å²) in [5.41, 5.74) is 4.33. The maximum absolute atomic E-state index is 6.21. The zero-order valence-corrected chi connectivity index (χ0v) is 10.7. The molecule has 0 aliphatic rings. The molecule has 0 radical (unpaired) electrons. The monoisotopic (exact) mass is 245 g/mol. The van der Waals surface area contributed by atoms with Gasteiger partial charge in [-0.25, -0.2) is 4.98 Å². The lowest BCUT2D eigenvalue weighted by atomic mass is 10.2. The van der Waals surface area contributed by atoms with E-state index in [9.17, 15) is 0 Å². The smallest absolute Gasteiger partial charge is 0.236 e. The number of hydrogen-bond donors (Lipinski definition) is 0. The molecule has 0 aliphatic heterocycles. The highest BCUT2D eigenvalue weighted by Crippen LogP contribution is 2.25. The van der Waals surface area contributed by atoms with Crippen molar-refractivity contribution in [1.82, 2.24) is 14.4 Å². The van der Waals surface area contributed by atoms with Crippen molar-refractivity contribution in [2.45, 2.75) is 20.8 Å². The third kappa shape index (κ3) is 1.42. The Labute approximate surface area is 104 Å². The predicted molar refractivity (Wildman–Crippen MR) is 69.7 cm³/mol. The molecule has 17 heavy (non-hydrogen) atoms. The van der Waals surface area contributed by atoms with Gasteiger partial charge in [0.15, 0.2) is 0 Å². The van der Waals surface area contributed by atoms with Crippen LogP contribution in [0, 0.1) is 20.8 Å². The molecule has 0 fully saturated rings. The Morgan fingerprint density at radius 1 is 1.12 bits per heavy atom. The lowest BCUT2D eigenvalue weighted by Crippen LogP contribution is -1.95. The van der Waals surface area contributed by atoms with E-state index in [4.69, 9.17) is 11.6 Å². The average Bonchev–Trinajstić information content (AvgIpc) is 2.55. The normalized spacial score (nSPS) is 11.5. The summed E-state index contributed by atoms with van der Waals surface area (Å²) in [7, 11) is 0. The van der Waals surface area contributed by atoms with Crippen molar-refractivity contribution in [2.75, 3.05) is 0 Å². The summed E-state index contributed by atoms with van der Waals surface area (Å²) in [6.45, 7) is 6.08. The Hall–Kier alpha value is -1.61. The molecule has 86 valence electrons. The number of rotatable bonds is 0. The summed E-state index contributed by atoms with van der Waals surface area (Å²) < 4.78 is 2.05. The number of halogens is 1. The van der Waals surface area contributed by atoms with Crippen molar-refractivity contribution in [3.8, 4) is 0 Å². The summed E-state index contributed by atoms with van der Waals surface area (Å²) in [5, 5.41) is 1.49. The molecule has 0 bridgehead atoms. The second-order valence-corrected chi connectivity index (χ2v) is 4.70. The van der Waals surface area contributed by atoms with Crippen LogP contribution in [0.5, 0.6) is 0 Å². The number of aryl methyl sites for hydroxylation is 3. The van der Waals surface area contributed by atoms with Gasteiger partial charge in [0, 0.05) is 11.1 Å². The van der Waals surface area contributed by atoms with Crippen molar-refractivity contribution < 1.29 is 0 Å². The molecule has 0 unspecified atom stereocenters. The van der Waals surface area contributed by atoms with E-state index in [0.29, 0.717) is 10.9 Å². The second-order valence-electron chi connectivity index (χ2n) is 4.34. The van der Waals surface area contributed by atoms with Crippen molar-refractivity contribution in [1.29, 1.82) is 0 Å². The van der Waals surface area contributed by atoms with E-state index in [0.717, 1.165) is 22.3 Å². The Morgan fingerprint density at radius 2 is 1.88 bits per heavy atom. The number of benzene rings is 1. The maximum Gasteiger partial charge on any atom is 0.236 e. The van der Waals surface area contributed by atoms with Crippen LogP contribution in [0.1, 0.15) is 17.0 Å². The Bertz CT molecular complexity index is 743. The zero-order valence-electron chi connectivity index (χ0n) is 9.95. The first-order valence-corrected chi connectivity index (χ1v) is 5.87. The fourth-order valence-corrected chi connectivity index (χ4v) is 2.34. The van der Waals surface area contributed by atoms with E-state index in [-0.39, 0.29) is 0 Å². The number of nitrogens with zero attached hydrogens (tertiary/aromatic N) is 3. The summed E-state index contributed by atoms with van der Waals surface area (Å²) in [6, 6.07) is 6.20. The van der Waals surface area contributed by atoms with Crippen molar-refractivity contribution >= 4 is 28.3 Å².